The molecule has 0 radical (unpaired) electrons. The standard InChI is InChI=1S/C8H5Cl2F/c9-7-3-1-6(2-4-7)5-8(10)11/h1-5H/b8-5-. The van der Waals surface area contributed by atoms with Crippen molar-refractivity contribution in [2.24, 2.45) is 0 Å². The summed E-state index contributed by atoms with van der Waals surface area (Å²) >= 11 is 10.6. The second kappa shape index (κ2) is 3.74. The van der Waals surface area contributed by atoms with Crippen LogP contribution in [0.1, 0.15) is 5.56 Å². The van der Waals surface area contributed by atoms with E-state index in [9.17, 15) is 4.39 Å². The van der Waals surface area contributed by atoms with Crippen LogP contribution in [-0.2, 0) is 0 Å². The van der Waals surface area contributed by atoms with Gasteiger partial charge >= 0.3 is 0 Å². The van der Waals surface area contributed by atoms with Crippen LogP contribution in [0.5, 0.6) is 0 Å². The normalized spacial score (nSPS) is 11.7. The van der Waals surface area contributed by atoms with Crippen molar-refractivity contribution in [1.82, 2.24) is 0 Å². The van der Waals surface area contributed by atoms with Crippen molar-refractivity contribution >= 4 is 29.3 Å². The average Bonchev–Trinajstić information content (AvgIpc) is 1.93. The molecule has 0 bridgehead atoms. The van der Waals surface area contributed by atoms with Gasteiger partial charge in [-0.05, 0) is 23.8 Å². The quantitative estimate of drug-likeness (QED) is 0.632. The first-order valence-corrected chi connectivity index (χ1v) is 3.72. The third kappa shape index (κ3) is 2.91. The van der Waals surface area contributed by atoms with Crippen LogP contribution in [0.15, 0.2) is 29.6 Å². The Morgan fingerprint density at radius 1 is 1.27 bits per heavy atom. The second-order valence-corrected chi connectivity index (χ2v) is 2.78. The van der Waals surface area contributed by atoms with E-state index in [2.05, 4.69) is 0 Å². The van der Waals surface area contributed by atoms with Gasteiger partial charge in [-0.2, -0.15) is 4.39 Å². The molecule has 0 saturated carbocycles. The van der Waals surface area contributed by atoms with Crippen molar-refractivity contribution in [2.45, 2.75) is 0 Å². The zero-order valence-electron chi connectivity index (χ0n) is 5.52. The summed E-state index contributed by atoms with van der Waals surface area (Å²) in [5.41, 5.74) is 0.696. The predicted octanol–water partition coefficient (Wildman–Crippen LogP) is 3.85. The summed E-state index contributed by atoms with van der Waals surface area (Å²) in [5, 5.41) is -0.107. The highest BCUT2D eigenvalue weighted by Gasteiger charge is 1.90. The van der Waals surface area contributed by atoms with E-state index >= 15 is 0 Å². The molecule has 0 saturated heterocycles. The Morgan fingerprint density at radius 3 is 2.27 bits per heavy atom. The summed E-state index contributed by atoms with van der Waals surface area (Å²) in [6.07, 6.45) is 1.22. The Bertz CT molecular complexity index is 260. The summed E-state index contributed by atoms with van der Waals surface area (Å²) in [6, 6.07) is 6.72. The van der Waals surface area contributed by atoms with Crippen LogP contribution in [0.4, 0.5) is 4.39 Å². The monoisotopic (exact) mass is 190 g/mol. The van der Waals surface area contributed by atoms with Crippen LogP contribution in [0, 0.1) is 0 Å². The van der Waals surface area contributed by atoms with Crippen LogP contribution in [-0.4, -0.2) is 0 Å². The van der Waals surface area contributed by atoms with Crippen molar-refractivity contribution in [2.75, 3.05) is 0 Å². The summed E-state index contributed by atoms with van der Waals surface area (Å²) in [4.78, 5) is 0. The van der Waals surface area contributed by atoms with Gasteiger partial charge in [0.25, 0.3) is 0 Å². The molecule has 0 fully saturated rings. The molecule has 0 unspecified atom stereocenters. The van der Waals surface area contributed by atoms with E-state index in [1.807, 2.05) is 0 Å². The number of hydrogen-bond acceptors (Lipinski definition) is 0. The van der Waals surface area contributed by atoms with Gasteiger partial charge < -0.3 is 0 Å². The highest BCUT2D eigenvalue weighted by molar-refractivity contribution is 6.31. The molecular weight excluding hydrogens is 186 g/mol. The molecule has 0 aromatic heterocycles. The van der Waals surface area contributed by atoms with E-state index in [1.54, 1.807) is 24.3 Å². The lowest BCUT2D eigenvalue weighted by atomic mass is 10.2. The third-order valence-electron chi connectivity index (χ3n) is 1.15. The minimum Gasteiger partial charge on any atom is -0.194 e. The number of rotatable bonds is 1. The van der Waals surface area contributed by atoms with Crippen LogP contribution in [0.25, 0.3) is 6.08 Å². The Hall–Kier alpha value is -0.530. The number of halogens is 3. The molecule has 11 heavy (non-hydrogen) atoms. The van der Waals surface area contributed by atoms with Crippen molar-refractivity contribution in [3.63, 3.8) is 0 Å². The van der Waals surface area contributed by atoms with Gasteiger partial charge in [0.05, 0.1) is 0 Å². The minimum atomic E-state index is -0.729. The lowest BCUT2D eigenvalue weighted by Gasteiger charge is -1.91. The summed E-state index contributed by atoms with van der Waals surface area (Å²) in [6.45, 7) is 0. The smallest absolute Gasteiger partial charge is 0.189 e. The summed E-state index contributed by atoms with van der Waals surface area (Å²) in [7, 11) is 0. The van der Waals surface area contributed by atoms with Crippen LogP contribution >= 0.6 is 23.2 Å². The zero-order valence-corrected chi connectivity index (χ0v) is 7.03. The van der Waals surface area contributed by atoms with Gasteiger partial charge in [0, 0.05) is 5.02 Å². The molecule has 0 aliphatic heterocycles. The Kier molecular flexibility index (Phi) is 2.92. The molecule has 0 heterocycles. The first-order chi connectivity index (χ1) is 5.18. The Morgan fingerprint density at radius 2 is 1.82 bits per heavy atom. The van der Waals surface area contributed by atoms with E-state index < -0.39 is 5.29 Å². The summed E-state index contributed by atoms with van der Waals surface area (Å²) in [5.74, 6) is 0. The molecule has 0 spiro atoms. The molecule has 1 aromatic rings. The van der Waals surface area contributed by atoms with Gasteiger partial charge in [0.15, 0.2) is 5.29 Å². The molecule has 1 rings (SSSR count). The fourth-order valence-electron chi connectivity index (χ4n) is 0.685. The maximum Gasteiger partial charge on any atom is 0.189 e. The van der Waals surface area contributed by atoms with Crippen LogP contribution < -0.4 is 0 Å². The molecule has 0 aliphatic carbocycles. The van der Waals surface area contributed by atoms with Gasteiger partial charge in [0.2, 0.25) is 0 Å². The van der Waals surface area contributed by atoms with Crippen molar-refractivity contribution in [3.05, 3.63) is 40.1 Å². The topological polar surface area (TPSA) is 0 Å². The average molecular weight is 191 g/mol. The van der Waals surface area contributed by atoms with E-state index in [0.717, 1.165) is 0 Å². The molecule has 3 heteroatoms. The molecule has 0 atom stereocenters. The SMILES string of the molecule is F/C(Cl)=C\c1ccc(Cl)cc1. The summed E-state index contributed by atoms with van der Waals surface area (Å²) < 4.78 is 12.1. The lowest BCUT2D eigenvalue weighted by molar-refractivity contribution is 0.702. The first-order valence-electron chi connectivity index (χ1n) is 2.97. The van der Waals surface area contributed by atoms with Crippen LogP contribution in [0.2, 0.25) is 5.02 Å². The maximum absolute atomic E-state index is 12.1. The van der Waals surface area contributed by atoms with Gasteiger partial charge in [-0.1, -0.05) is 35.3 Å². The zero-order chi connectivity index (χ0) is 8.27. The largest absolute Gasteiger partial charge is 0.194 e. The molecule has 0 N–H and O–H groups in total. The minimum absolute atomic E-state index is 0.622. The Balaban J connectivity index is 2.91. The second-order valence-electron chi connectivity index (χ2n) is 1.99. The van der Waals surface area contributed by atoms with E-state index in [1.165, 1.54) is 6.08 Å². The van der Waals surface area contributed by atoms with Gasteiger partial charge in [-0.3, -0.25) is 0 Å². The molecule has 0 amide bonds. The van der Waals surface area contributed by atoms with E-state index in [4.69, 9.17) is 23.2 Å². The van der Waals surface area contributed by atoms with E-state index in [0.29, 0.717) is 10.6 Å². The lowest BCUT2D eigenvalue weighted by Crippen LogP contribution is -1.69. The van der Waals surface area contributed by atoms with Crippen LogP contribution in [0.3, 0.4) is 0 Å². The fraction of sp³-hybridized carbons (Fsp3) is 0. The van der Waals surface area contributed by atoms with Gasteiger partial charge in [-0.25, -0.2) is 0 Å². The Labute approximate surface area is 74.2 Å². The first kappa shape index (κ1) is 8.57. The molecule has 0 nitrogen and oxygen atoms in total. The maximum atomic E-state index is 12.1. The molecular formula is C8H5Cl2F. The van der Waals surface area contributed by atoms with Gasteiger partial charge in [0.1, 0.15) is 0 Å². The molecule has 58 valence electrons. The van der Waals surface area contributed by atoms with E-state index in [-0.39, 0.29) is 0 Å². The highest BCUT2D eigenvalue weighted by atomic mass is 35.5. The highest BCUT2D eigenvalue weighted by Crippen LogP contribution is 2.14. The van der Waals surface area contributed by atoms with Crippen molar-refractivity contribution < 1.29 is 4.39 Å². The fourth-order valence-corrected chi connectivity index (χ4v) is 0.937. The third-order valence-corrected chi connectivity index (χ3v) is 1.51. The molecule has 1 aromatic carbocycles. The van der Waals surface area contributed by atoms with Crippen molar-refractivity contribution in [1.29, 1.82) is 0 Å². The van der Waals surface area contributed by atoms with Crippen molar-refractivity contribution in [3.8, 4) is 0 Å². The predicted molar refractivity (Wildman–Crippen MR) is 46.4 cm³/mol. The number of benzene rings is 1. The molecule has 0 aliphatic rings. The van der Waals surface area contributed by atoms with Gasteiger partial charge in [-0.15, -0.1) is 0 Å². The number of hydrogen-bond donors (Lipinski definition) is 0.